The van der Waals surface area contributed by atoms with Crippen LogP contribution in [-0.2, 0) is 6.42 Å². The molecule has 0 amide bonds. The average molecular weight is 339 g/mol. The van der Waals surface area contributed by atoms with Gasteiger partial charge in [0.2, 0.25) is 0 Å². The number of aromatic nitrogens is 2. The molecule has 1 saturated carbocycles. The van der Waals surface area contributed by atoms with Crippen molar-refractivity contribution in [2.45, 2.75) is 25.2 Å². The number of anilines is 1. The van der Waals surface area contributed by atoms with E-state index in [4.69, 9.17) is 17.3 Å². The highest BCUT2D eigenvalue weighted by molar-refractivity contribution is 9.10. The summed E-state index contributed by atoms with van der Waals surface area (Å²) in [5.74, 6) is 1.78. The Kier molecular flexibility index (Phi) is 3.46. The van der Waals surface area contributed by atoms with Crippen molar-refractivity contribution in [1.82, 2.24) is 9.97 Å². The molecule has 5 heteroatoms. The van der Waals surface area contributed by atoms with Gasteiger partial charge in [0.05, 0.1) is 10.2 Å². The highest BCUT2D eigenvalue weighted by Crippen LogP contribution is 2.43. The predicted octanol–water partition coefficient (Wildman–Crippen LogP) is 3.94. The van der Waals surface area contributed by atoms with Gasteiger partial charge in [-0.1, -0.05) is 29.8 Å². The minimum Gasteiger partial charge on any atom is -0.383 e. The number of nitrogens with two attached hydrogens (primary N) is 1. The lowest BCUT2D eigenvalue weighted by molar-refractivity contribution is 0.895. The maximum absolute atomic E-state index is 6.16. The van der Waals surface area contributed by atoms with E-state index in [1.165, 1.54) is 12.8 Å². The van der Waals surface area contributed by atoms with Crippen LogP contribution < -0.4 is 5.73 Å². The minimum atomic E-state index is 0.513. The van der Waals surface area contributed by atoms with E-state index in [9.17, 15) is 0 Å². The van der Waals surface area contributed by atoms with Crippen molar-refractivity contribution < 1.29 is 0 Å². The van der Waals surface area contributed by atoms with Gasteiger partial charge in [-0.15, -0.1) is 0 Å². The van der Waals surface area contributed by atoms with Crippen LogP contribution in [0.15, 0.2) is 28.7 Å². The molecule has 1 heterocycles. The second kappa shape index (κ2) is 5.10. The molecule has 1 fully saturated rings. The smallest absolute Gasteiger partial charge is 0.141 e. The lowest BCUT2D eigenvalue weighted by atomic mass is 10.1. The van der Waals surface area contributed by atoms with E-state index in [0.717, 1.165) is 26.6 Å². The molecular weight excluding hydrogens is 326 g/mol. The van der Waals surface area contributed by atoms with Crippen molar-refractivity contribution in [2.75, 3.05) is 5.73 Å². The summed E-state index contributed by atoms with van der Waals surface area (Å²) in [7, 11) is 0. The SMILES string of the molecule is Nc1nc(Cc2ccccc2Cl)nc(C2CC2)c1Br. The van der Waals surface area contributed by atoms with Crippen molar-refractivity contribution in [1.29, 1.82) is 0 Å². The normalized spacial score (nSPS) is 14.6. The summed E-state index contributed by atoms with van der Waals surface area (Å²) < 4.78 is 0.845. The fourth-order valence-electron chi connectivity index (χ4n) is 2.05. The third kappa shape index (κ3) is 2.74. The van der Waals surface area contributed by atoms with Gasteiger partial charge in [0.1, 0.15) is 11.6 Å². The molecule has 0 unspecified atom stereocenters. The largest absolute Gasteiger partial charge is 0.383 e. The summed E-state index contributed by atoms with van der Waals surface area (Å²) in [6.07, 6.45) is 2.97. The summed E-state index contributed by atoms with van der Waals surface area (Å²) in [5.41, 5.74) is 8.01. The van der Waals surface area contributed by atoms with Gasteiger partial charge in [-0.25, -0.2) is 9.97 Å². The van der Waals surface area contributed by atoms with Crippen LogP contribution in [0.3, 0.4) is 0 Å². The van der Waals surface area contributed by atoms with Gasteiger partial charge in [-0.2, -0.15) is 0 Å². The Bertz CT molecular complexity index is 626. The van der Waals surface area contributed by atoms with E-state index in [0.29, 0.717) is 18.2 Å². The number of rotatable bonds is 3. The first-order valence-electron chi connectivity index (χ1n) is 6.20. The van der Waals surface area contributed by atoms with Crippen LogP contribution in [0.5, 0.6) is 0 Å². The average Bonchev–Trinajstić information content (AvgIpc) is 3.20. The van der Waals surface area contributed by atoms with Crippen LogP contribution >= 0.6 is 27.5 Å². The van der Waals surface area contributed by atoms with Crippen molar-refractivity contribution in [3.8, 4) is 0 Å². The fourth-order valence-corrected chi connectivity index (χ4v) is 2.75. The number of benzene rings is 1. The third-order valence-corrected chi connectivity index (χ3v) is 4.40. The number of hydrogen-bond acceptors (Lipinski definition) is 3. The molecule has 2 aromatic rings. The van der Waals surface area contributed by atoms with Gasteiger partial charge in [0, 0.05) is 17.4 Å². The van der Waals surface area contributed by atoms with Crippen LogP contribution in [-0.4, -0.2) is 9.97 Å². The summed E-state index contributed by atoms with van der Waals surface area (Å²) in [4.78, 5) is 8.98. The van der Waals surface area contributed by atoms with Crippen LogP contribution in [0.4, 0.5) is 5.82 Å². The van der Waals surface area contributed by atoms with Gasteiger partial charge in [0.25, 0.3) is 0 Å². The van der Waals surface area contributed by atoms with Crippen LogP contribution in [0, 0.1) is 0 Å². The Morgan fingerprint density at radius 2 is 2.00 bits per heavy atom. The molecule has 0 atom stereocenters. The Balaban J connectivity index is 1.95. The van der Waals surface area contributed by atoms with Gasteiger partial charge < -0.3 is 5.73 Å². The van der Waals surface area contributed by atoms with E-state index in [1.54, 1.807) is 0 Å². The second-order valence-electron chi connectivity index (χ2n) is 4.77. The molecule has 1 aliphatic rings. The van der Waals surface area contributed by atoms with Crippen LogP contribution in [0.25, 0.3) is 0 Å². The van der Waals surface area contributed by atoms with E-state index in [1.807, 2.05) is 24.3 Å². The number of halogens is 2. The minimum absolute atomic E-state index is 0.513. The zero-order valence-corrected chi connectivity index (χ0v) is 12.6. The molecule has 0 aliphatic heterocycles. The first-order valence-corrected chi connectivity index (χ1v) is 7.37. The second-order valence-corrected chi connectivity index (χ2v) is 5.97. The maximum Gasteiger partial charge on any atom is 0.141 e. The van der Waals surface area contributed by atoms with Crippen molar-refractivity contribution >= 4 is 33.3 Å². The van der Waals surface area contributed by atoms with E-state index >= 15 is 0 Å². The quantitative estimate of drug-likeness (QED) is 0.922. The summed E-state index contributed by atoms with van der Waals surface area (Å²) in [6, 6.07) is 7.74. The van der Waals surface area contributed by atoms with Gasteiger partial charge in [0.15, 0.2) is 0 Å². The number of nitrogens with zero attached hydrogens (tertiary/aromatic N) is 2. The highest BCUT2D eigenvalue weighted by atomic mass is 79.9. The molecule has 3 nitrogen and oxygen atoms in total. The third-order valence-electron chi connectivity index (χ3n) is 3.22. The maximum atomic E-state index is 6.16. The lowest BCUT2D eigenvalue weighted by Crippen LogP contribution is -2.05. The molecule has 0 saturated heterocycles. The van der Waals surface area contributed by atoms with Crippen LogP contribution in [0.2, 0.25) is 5.02 Å². The Hall–Kier alpha value is -1.13. The summed E-state index contributed by atoms with van der Waals surface area (Å²) in [5, 5.41) is 0.737. The molecular formula is C14H13BrClN3. The first kappa shape index (κ1) is 12.9. The predicted molar refractivity (Wildman–Crippen MR) is 80.4 cm³/mol. The zero-order valence-electron chi connectivity index (χ0n) is 10.2. The molecule has 2 N–H and O–H groups in total. The molecule has 19 heavy (non-hydrogen) atoms. The van der Waals surface area contributed by atoms with Gasteiger partial charge in [-0.3, -0.25) is 0 Å². The van der Waals surface area contributed by atoms with E-state index in [2.05, 4.69) is 25.9 Å². The van der Waals surface area contributed by atoms with Crippen molar-refractivity contribution in [3.63, 3.8) is 0 Å². The van der Waals surface area contributed by atoms with Crippen LogP contribution in [0.1, 0.15) is 35.8 Å². The summed E-state index contributed by atoms with van der Waals surface area (Å²) in [6.45, 7) is 0. The fraction of sp³-hybridized carbons (Fsp3) is 0.286. The van der Waals surface area contributed by atoms with Crippen molar-refractivity contribution in [3.05, 3.63) is 50.8 Å². The monoisotopic (exact) mass is 337 g/mol. The molecule has 3 rings (SSSR count). The van der Waals surface area contributed by atoms with E-state index < -0.39 is 0 Å². The molecule has 0 radical (unpaired) electrons. The standard InChI is InChI=1S/C14H13BrClN3/c15-12-13(8-5-6-8)18-11(19-14(12)17)7-9-3-1-2-4-10(9)16/h1-4,8H,5-7H2,(H2,17,18,19). The Morgan fingerprint density at radius 1 is 1.26 bits per heavy atom. The first-order chi connectivity index (χ1) is 9.15. The van der Waals surface area contributed by atoms with Gasteiger partial charge in [-0.05, 0) is 40.4 Å². The topological polar surface area (TPSA) is 51.8 Å². The van der Waals surface area contributed by atoms with Gasteiger partial charge >= 0.3 is 0 Å². The lowest BCUT2D eigenvalue weighted by Gasteiger charge is -2.09. The molecule has 1 aromatic carbocycles. The number of hydrogen-bond donors (Lipinski definition) is 1. The Morgan fingerprint density at radius 3 is 2.68 bits per heavy atom. The molecule has 0 spiro atoms. The molecule has 0 bridgehead atoms. The van der Waals surface area contributed by atoms with E-state index in [-0.39, 0.29) is 0 Å². The molecule has 1 aromatic heterocycles. The molecule has 1 aliphatic carbocycles. The van der Waals surface area contributed by atoms with Crippen molar-refractivity contribution in [2.24, 2.45) is 0 Å². The number of nitrogen functional groups attached to an aromatic ring is 1. The highest BCUT2D eigenvalue weighted by Gasteiger charge is 2.29. The Labute approximate surface area is 125 Å². The summed E-state index contributed by atoms with van der Waals surface area (Å²) >= 11 is 9.64. The molecule has 98 valence electrons. The zero-order chi connectivity index (χ0) is 13.4.